The zero-order chi connectivity index (χ0) is 13.1. The molecular formula is C14H24BrN3. The van der Waals surface area contributed by atoms with Gasteiger partial charge in [0.1, 0.15) is 0 Å². The molecule has 2 rings (SSSR count). The van der Waals surface area contributed by atoms with Gasteiger partial charge in [0.15, 0.2) is 0 Å². The van der Waals surface area contributed by atoms with Crippen LogP contribution in [0.25, 0.3) is 0 Å². The molecule has 3 nitrogen and oxygen atoms in total. The molecule has 102 valence electrons. The van der Waals surface area contributed by atoms with Gasteiger partial charge in [-0.05, 0) is 61.5 Å². The van der Waals surface area contributed by atoms with Crippen LogP contribution in [0.3, 0.4) is 0 Å². The molecule has 1 atom stereocenters. The molecule has 0 amide bonds. The summed E-state index contributed by atoms with van der Waals surface area (Å²) in [6.07, 6.45) is 7.18. The van der Waals surface area contributed by atoms with Gasteiger partial charge in [-0.1, -0.05) is 13.3 Å². The molecule has 0 aromatic carbocycles. The lowest BCUT2D eigenvalue weighted by Gasteiger charge is -2.35. The van der Waals surface area contributed by atoms with Crippen LogP contribution in [-0.4, -0.2) is 16.3 Å². The third-order valence-electron chi connectivity index (χ3n) is 3.81. The van der Waals surface area contributed by atoms with Gasteiger partial charge < -0.3 is 5.32 Å². The molecule has 18 heavy (non-hydrogen) atoms. The van der Waals surface area contributed by atoms with E-state index in [9.17, 15) is 0 Å². The summed E-state index contributed by atoms with van der Waals surface area (Å²) in [7, 11) is 0. The number of nitrogens with zero attached hydrogens (tertiary/aromatic N) is 2. The fourth-order valence-electron chi connectivity index (χ4n) is 2.61. The summed E-state index contributed by atoms with van der Waals surface area (Å²) in [4.78, 5) is 0. The fraction of sp³-hybridized carbons (Fsp3) is 0.786. The van der Waals surface area contributed by atoms with E-state index in [0.717, 1.165) is 16.9 Å². The Hall–Kier alpha value is -0.350. The summed E-state index contributed by atoms with van der Waals surface area (Å²) in [6, 6.07) is 0.871. The largest absolute Gasteiger partial charge is 0.308 e. The van der Waals surface area contributed by atoms with Crippen LogP contribution >= 0.6 is 15.9 Å². The summed E-state index contributed by atoms with van der Waals surface area (Å²) in [5, 5.41) is 8.23. The van der Waals surface area contributed by atoms with Crippen LogP contribution in [0, 0.1) is 5.92 Å². The van der Waals surface area contributed by atoms with Crippen molar-refractivity contribution < 1.29 is 0 Å². The summed E-state index contributed by atoms with van der Waals surface area (Å²) >= 11 is 3.68. The molecule has 1 fully saturated rings. The molecule has 4 heteroatoms. The van der Waals surface area contributed by atoms with E-state index in [1.165, 1.54) is 31.4 Å². The van der Waals surface area contributed by atoms with Crippen molar-refractivity contribution in [2.45, 2.75) is 58.5 Å². The van der Waals surface area contributed by atoms with E-state index in [2.05, 4.69) is 51.8 Å². The van der Waals surface area contributed by atoms with E-state index in [-0.39, 0.29) is 0 Å². The molecule has 0 radical (unpaired) electrons. The molecule has 1 heterocycles. The van der Waals surface area contributed by atoms with Crippen molar-refractivity contribution in [3.63, 3.8) is 0 Å². The fourth-order valence-corrected chi connectivity index (χ4v) is 3.13. The minimum absolute atomic E-state index is 0.414. The molecule has 1 saturated carbocycles. The molecule has 1 unspecified atom stereocenters. The highest BCUT2D eigenvalue weighted by Gasteiger charge is 2.32. The molecule has 1 aliphatic carbocycles. The van der Waals surface area contributed by atoms with E-state index in [1.54, 1.807) is 0 Å². The van der Waals surface area contributed by atoms with Crippen molar-refractivity contribution in [1.29, 1.82) is 0 Å². The second-order valence-corrected chi connectivity index (χ2v) is 6.39. The second-order valence-electron chi connectivity index (χ2n) is 5.54. The molecule has 1 N–H and O–H groups in total. The lowest BCUT2D eigenvalue weighted by atomic mass is 9.78. The van der Waals surface area contributed by atoms with Gasteiger partial charge in [-0.25, -0.2) is 0 Å². The number of hydrogen-bond donors (Lipinski definition) is 1. The Kier molecular flexibility index (Phi) is 4.84. The predicted octanol–water partition coefficient (Wildman–Crippen LogP) is 4.07. The van der Waals surface area contributed by atoms with Gasteiger partial charge in [0.2, 0.25) is 0 Å². The summed E-state index contributed by atoms with van der Waals surface area (Å²) < 4.78 is 3.31. The topological polar surface area (TPSA) is 29.9 Å². The van der Waals surface area contributed by atoms with Crippen molar-refractivity contribution in [2.24, 2.45) is 5.92 Å². The van der Waals surface area contributed by atoms with Crippen LogP contribution < -0.4 is 5.32 Å². The van der Waals surface area contributed by atoms with E-state index < -0.39 is 0 Å². The average molecular weight is 314 g/mol. The zero-order valence-corrected chi connectivity index (χ0v) is 13.2. The van der Waals surface area contributed by atoms with Crippen molar-refractivity contribution in [3.05, 3.63) is 16.4 Å². The first kappa shape index (κ1) is 14.1. The smallest absolute Gasteiger partial charge is 0.0701 e. The Morgan fingerprint density at radius 3 is 2.72 bits per heavy atom. The summed E-state index contributed by atoms with van der Waals surface area (Å²) in [6.45, 7) is 7.69. The number of rotatable bonds is 6. The number of nitrogens with one attached hydrogen (secondary N) is 1. The van der Waals surface area contributed by atoms with Gasteiger partial charge in [0.25, 0.3) is 0 Å². The van der Waals surface area contributed by atoms with Crippen LogP contribution in [0.1, 0.15) is 64.2 Å². The number of halogens is 1. The Morgan fingerprint density at radius 2 is 2.22 bits per heavy atom. The molecule has 1 aromatic heterocycles. The van der Waals surface area contributed by atoms with Gasteiger partial charge in [-0.2, -0.15) is 5.10 Å². The van der Waals surface area contributed by atoms with E-state index >= 15 is 0 Å². The van der Waals surface area contributed by atoms with E-state index in [4.69, 9.17) is 0 Å². The molecule has 0 spiro atoms. The highest BCUT2D eigenvalue weighted by molar-refractivity contribution is 9.10. The lowest BCUT2D eigenvalue weighted by Crippen LogP contribution is -2.34. The van der Waals surface area contributed by atoms with Crippen LogP contribution in [0.4, 0.5) is 0 Å². The Bertz CT molecular complexity index is 382. The Labute approximate surface area is 118 Å². The first-order chi connectivity index (χ1) is 8.65. The molecule has 1 aromatic rings. The van der Waals surface area contributed by atoms with Gasteiger partial charge in [0, 0.05) is 6.04 Å². The Morgan fingerprint density at radius 1 is 1.50 bits per heavy atom. The molecule has 0 bridgehead atoms. The molecule has 0 aliphatic heterocycles. The van der Waals surface area contributed by atoms with Gasteiger partial charge in [0.05, 0.1) is 22.4 Å². The lowest BCUT2D eigenvalue weighted by molar-refractivity contribution is 0.219. The number of aromatic nitrogens is 2. The highest BCUT2D eigenvalue weighted by Crippen LogP contribution is 2.40. The average Bonchev–Trinajstić information content (AvgIpc) is 2.63. The summed E-state index contributed by atoms with van der Waals surface area (Å²) in [5.41, 5.74) is 1.34. The van der Waals surface area contributed by atoms with Crippen molar-refractivity contribution >= 4 is 15.9 Å². The minimum Gasteiger partial charge on any atom is -0.308 e. The molecule has 1 aliphatic rings. The number of hydrogen-bond acceptors (Lipinski definition) is 2. The highest BCUT2D eigenvalue weighted by atomic mass is 79.9. The minimum atomic E-state index is 0.414. The van der Waals surface area contributed by atoms with Crippen molar-refractivity contribution in [1.82, 2.24) is 15.1 Å². The van der Waals surface area contributed by atoms with Crippen LogP contribution in [0.15, 0.2) is 10.7 Å². The van der Waals surface area contributed by atoms with Crippen molar-refractivity contribution in [3.8, 4) is 0 Å². The third-order valence-corrected chi connectivity index (χ3v) is 4.42. The normalized spacial score (nSPS) is 18.1. The zero-order valence-electron chi connectivity index (χ0n) is 11.6. The predicted molar refractivity (Wildman–Crippen MR) is 78.7 cm³/mol. The van der Waals surface area contributed by atoms with Gasteiger partial charge in [-0.3, -0.25) is 4.68 Å². The van der Waals surface area contributed by atoms with E-state index in [1.807, 2.05) is 6.20 Å². The molecular weight excluding hydrogens is 290 g/mol. The first-order valence-electron chi connectivity index (χ1n) is 7.11. The standard InChI is InChI=1S/C14H24BrN3/c1-4-8-16-13(11-6-5-7-11)14-12(15)9-17-18(14)10(2)3/h9-11,13,16H,4-8H2,1-3H3. The maximum Gasteiger partial charge on any atom is 0.0701 e. The van der Waals surface area contributed by atoms with Gasteiger partial charge >= 0.3 is 0 Å². The summed E-state index contributed by atoms with van der Waals surface area (Å²) in [5.74, 6) is 0.780. The maximum atomic E-state index is 4.51. The SMILES string of the molecule is CCCNC(c1c(Br)cnn1C(C)C)C1CCC1. The Balaban J connectivity index is 2.25. The van der Waals surface area contributed by atoms with Crippen LogP contribution in [0.2, 0.25) is 0 Å². The van der Waals surface area contributed by atoms with Crippen LogP contribution in [0.5, 0.6) is 0 Å². The monoisotopic (exact) mass is 313 g/mol. The maximum absolute atomic E-state index is 4.51. The first-order valence-corrected chi connectivity index (χ1v) is 7.90. The second kappa shape index (κ2) is 6.20. The third kappa shape index (κ3) is 2.80. The van der Waals surface area contributed by atoms with Gasteiger partial charge in [-0.15, -0.1) is 0 Å². The van der Waals surface area contributed by atoms with Crippen LogP contribution in [-0.2, 0) is 0 Å². The molecule has 0 saturated heterocycles. The van der Waals surface area contributed by atoms with Crippen molar-refractivity contribution in [2.75, 3.05) is 6.54 Å². The van der Waals surface area contributed by atoms with E-state index in [0.29, 0.717) is 12.1 Å². The quantitative estimate of drug-likeness (QED) is 0.858.